The number of likely N-dealkylation sites (tertiary alicyclic amines) is 1. The van der Waals surface area contributed by atoms with Crippen LogP contribution >= 0.6 is 0 Å². The third kappa shape index (κ3) is 3.66. The maximum absolute atomic E-state index is 13.7. The molecule has 1 saturated heterocycles. The van der Waals surface area contributed by atoms with Crippen molar-refractivity contribution >= 4 is 17.5 Å². The molecule has 2 aliphatic rings. The molecule has 29 heavy (non-hydrogen) atoms. The maximum Gasteiger partial charge on any atom is 0.254 e. The molecule has 1 aromatic carbocycles. The fraction of sp³-hybridized carbons (Fsp3) is 0.458. The van der Waals surface area contributed by atoms with E-state index >= 15 is 0 Å². The van der Waals surface area contributed by atoms with Crippen molar-refractivity contribution in [3.05, 3.63) is 59.9 Å². The van der Waals surface area contributed by atoms with Crippen LogP contribution in [-0.4, -0.2) is 41.8 Å². The average molecular weight is 392 g/mol. The van der Waals surface area contributed by atoms with E-state index in [9.17, 15) is 9.59 Å². The van der Waals surface area contributed by atoms with Crippen LogP contribution in [0.2, 0.25) is 0 Å². The van der Waals surface area contributed by atoms with Gasteiger partial charge in [0.05, 0.1) is 5.92 Å². The largest absolute Gasteiger partial charge is 0.337 e. The molecule has 4 rings (SSSR count). The molecule has 2 heterocycles. The van der Waals surface area contributed by atoms with E-state index in [1.165, 1.54) is 6.42 Å². The Morgan fingerprint density at radius 2 is 1.76 bits per heavy atom. The van der Waals surface area contributed by atoms with E-state index < -0.39 is 0 Å². The normalized spacial score (nSPS) is 20.6. The first kappa shape index (κ1) is 19.6. The molecule has 0 radical (unpaired) electrons. The van der Waals surface area contributed by atoms with E-state index in [2.05, 4.69) is 4.98 Å². The quantitative estimate of drug-likeness (QED) is 0.792. The van der Waals surface area contributed by atoms with Crippen molar-refractivity contribution in [3.8, 4) is 0 Å². The third-order valence-electron chi connectivity index (χ3n) is 6.82. The SMILES string of the molecule is Cc1ccccc1N(C)C(=O)[C@@H]1CN(C(=O)c2ccncc2)CC12CCCCC2. The van der Waals surface area contributed by atoms with Gasteiger partial charge in [0.15, 0.2) is 0 Å². The van der Waals surface area contributed by atoms with Gasteiger partial charge in [0.25, 0.3) is 5.91 Å². The number of anilines is 1. The van der Waals surface area contributed by atoms with Crippen molar-refractivity contribution in [1.82, 2.24) is 9.88 Å². The second-order valence-electron chi connectivity index (χ2n) is 8.58. The molecule has 1 saturated carbocycles. The fourth-order valence-electron chi connectivity index (χ4n) is 5.20. The first-order valence-electron chi connectivity index (χ1n) is 10.5. The van der Waals surface area contributed by atoms with Crippen LogP contribution in [0.1, 0.15) is 48.0 Å². The number of aryl methyl sites for hydroxylation is 1. The Morgan fingerprint density at radius 3 is 2.45 bits per heavy atom. The summed E-state index contributed by atoms with van der Waals surface area (Å²) in [5.41, 5.74) is 2.58. The van der Waals surface area contributed by atoms with E-state index in [0.29, 0.717) is 18.7 Å². The van der Waals surface area contributed by atoms with Crippen LogP contribution in [0.5, 0.6) is 0 Å². The Morgan fingerprint density at radius 1 is 1.07 bits per heavy atom. The van der Waals surface area contributed by atoms with Crippen LogP contribution in [0.25, 0.3) is 0 Å². The molecule has 0 N–H and O–H groups in total. The molecule has 2 aromatic rings. The summed E-state index contributed by atoms with van der Waals surface area (Å²) in [5, 5.41) is 0. The van der Waals surface area contributed by atoms with Crippen molar-refractivity contribution in [2.75, 3.05) is 25.0 Å². The molecule has 1 atom stereocenters. The van der Waals surface area contributed by atoms with Gasteiger partial charge in [0.1, 0.15) is 0 Å². The second-order valence-corrected chi connectivity index (χ2v) is 8.58. The summed E-state index contributed by atoms with van der Waals surface area (Å²) in [6.07, 6.45) is 8.82. The summed E-state index contributed by atoms with van der Waals surface area (Å²) in [7, 11) is 1.87. The van der Waals surface area contributed by atoms with Gasteiger partial charge in [0.2, 0.25) is 5.91 Å². The maximum atomic E-state index is 13.7. The molecule has 0 bridgehead atoms. The number of benzene rings is 1. The molecule has 5 nitrogen and oxygen atoms in total. The number of hydrogen-bond acceptors (Lipinski definition) is 3. The lowest BCUT2D eigenvalue weighted by Crippen LogP contribution is -2.43. The van der Waals surface area contributed by atoms with Gasteiger partial charge in [-0.05, 0) is 43.5 Å². The highest BCUT2D eigenvalue weighted by atomic mass is 16.2. The van der Waals surface area contributed by atoms with Crippen molar-refractivity contribution in [2.24, 2.45) is 11.3 Å². The average Bonchev–Trinajstić information content (AvgIpc) is 3.12. The van der Waals surface area contributed by atoms with Gasteiger partial charge >= 0.3 is 0 Å². The zero-order valence-electron chi connectivity index (χ0n) is 17.3. The highest BCUT2D eigenvalue weighted by Crippen LogP contribution is 2.48. The van der Waals surface area contributed by atoms with Crippen LogP contribution < -0.4 is 4.90 Å². The minimum absolute atomic E-state index is 0.00573. The van der Waals surface area contributed by atoms with Crippen LogP contribution in [0.4, 0.5) is 5.69 Å². The van der Waals surface area contributed by atoms with Crippen LogP contribution in [0.3, 0.4) is 0 Å². The summed E-state index contributed by atoms with van der Waals surface area (Å²) < 4.78 is 0. The lowest BCUT2D eigenvalue weighted by Gasteiger charge is -2.38. The first-order valence-corrected chi connectivity index (χ1v) is 10.5. The molecule has 5 heteroatoms. The monoisotopic (exact) mass is 391 g/mol. The number of carbonyl (C=O) groups is 2. The van der Waals surface area contributed by atoms with Gasteiger partial charge in [-0.2, -0.15) is 0 Å². The summed E-state index contributed by atoms with van der Waals surface area (Å²) in [6.45, 7) is 3.20. The van der Waals surface area contributed by atoms with Gasteiger partial charge in [-0.15, -0.1) is 0 Å². The summed E-state index contributed by atoms with van der Waals surface area (Å²) in [6, 6.07) is 11.5. The van der Waals surface area contributed by atoms with Gasteiger partial charge < -0.3 is 9.80 Å². The zero-order valence-corrected chi connectivity index (χ0v) is 17.3. The number of rotatable bonds is 3. The van der Waals surface area contributed by atoms with E-state index in [4.69, 9.17) is 0 Å². The number of pyridine rings is 1. The van der Waals surface area contributed by atoms with E-state index in [0.717, 1.165) is 36.9 Å². The molecule has 1 aliphatic carbocycles. The summed E-state index contributed by atoms with van der Waals surface area (Å²) >= 11 is 0. The Labute approximate surface area is 172 Å². The highest BCUT2D eigenvalue weighted by molar-refractivity contribution is 5.98. The predicted octanol–water partition coefficient (Wildman–Crippen LogP) is 4.08. The number of para-hydroxylation sites is 1. The van der Waals surface area contributed by atoms with E-state index in [-0.39, 0.29) is 23.1 Å². The third-order valence-corrected chi connectivity index (χ3v) is 6.82. The minimum atomic E-state index is -0.154. The molecule has 152 valence electrons. The molecular formula is C24H29N3O2. The predicted molar refractivity (Wildman–Crippen MR) is 114 cm³/mol. The molecule has 2 fully saturated rings. The smallest absolute Gasteiger partial charge is 0.254 e. The standard InChI is InChI=1S/C24H29N3O2/c1-18-8-4-5-9-21(18)26(2)23(29)20-16-27(17-24(20)12-6-3-7-13-24)22(28)19-10-14-25-15-11-19/h4-5,8-11,14-15,20H,3,6-7,12-13,16-17H2,1-2H3/t20-/m0/s1. The Hall–Kier alpha value is -2.69. The van der Waals surface area contributed by atoms with Crippen LogP contribution in [-0.2, 0) is 4.79 Å². The van der Waals surface area contributed by atoms with E-state index in [1.807, 2.05) is 43.1 Å². The lowest BCUT2D eigenvalue weighted by atomic mass is 9.67. The first-order chi connectivity index (χ1) is 14.0. The van der Waals surface area contributed by atoms with Crippen molar-refractivity contribution in [3.63, 3.8) is 0 Å². The van der Waals surface area contributed by atoms with Crippen molar-refractivity contribution < 1.29 is 9.59 Å². The summed E-state index contributed by atoms with van der Waals surface area (Å²) in [4.78, 5) is 34.5. The van der Waals surface area contributed by atoms with Crippen molar-refractivity contribution in [1.29, 1.82) is 0 Å². The van der Waals surface area contributed by atoms with Crippen molar-refractivity contribution in [2.45, 2.75) is 39.0 Å². The highest BCUT2D eigenvalue weighted by Gasteiger charge is 2.52. The topological polar surface area (TPSA) is 53.5 Å². The van der Waals surface area contributed by atoms with Gasteiger partial charge in [-0.1, -0.05) is 37.5 Å². The number of aromatic nitrogens is 1. The number of amides is 2. The van der Waals surface area contributed by atoms with E-state index in [1.54, 1.807) is 29.4 Å². The van der Waals surface area contributed by atoms with Gasteiger partial charge in [-0.3, -0.25) is 14.6 Å². The Kier molecular flexibility index (Phi) is 5.39. The molecule has 2 amide bonds. The van der Waals surface area contributed by atoms with Crippen LogP contribution in [0.15, 0.2) is 48.8 Å². The molecular weight excluding hydrogens is 362 g/mol. The Balaban J connectivity index is 1.62. The second kappa shape index (κ2) is 7.97. The molecule has 1 aliphatic heterocycles. The zero-order chi connectivity index (χ0) is 20.4. The molecule has 0 unspecified atom stereocenters. The Bertz CT molecular complexity index is 890. The number of hydrogen-bond donors (Lipinski definition) is 0. The number of nitrogens with zero attached hydrogens (tertiary/aromatic N) is 3. The fourth-order valence-corrected chi connectivity index (χ4v) is 5.20. The molecule has 1 aromatic heterocycles. The van der Waals surface area contributed by atoms with Crippen LogP contribution in [0, 0.1) is 18.3 Å². The minimum Gasteiger partial charge on any atom is -0.337 e. The molecule has 1 spiro atoms. The summed E-state index contributed by atoms with van der Waals surface area (Å²) in [5.74, 6) is -0.0179. The number of carbonyl (C=O) groups excluding carboxylic acids is 2. The lowest BCUT2D eigenvalue weighted by molar-refractivity contribution is -0.125. The van der Waals surface area contributed by atoms with Gasteiger partial charge in [-0.25, -0.2) is 0 Å². The van der Waals surface area contributed by atoms with Gasteiger partial charge in [0, 0.05) is 49.2 Å².